The molecule has 0 N–H and O–H groups in total. The first-order chi connectivity index (χ1) is 7.03. The molecule has 0 bridgehead atoms. The van der Waals surface area contributed by atoms with Crippen LogP contribution in [0.5, 0.6) is 0 Å². The van der Waals surface area contributed by atoms with Gasteiger partial charge in [0.15, 0.2) is 0 Å². The molecule has 0 aliphatic heterocycles. The monoisotopic (exact) mass is 200 g/mol. The van der Waals surface area contributed by atoms with Crippen LogP contribution in [0.25, 0.3) is 0 Å². The predicted octanol–water partition coefficient (Wildman–Crippen LogP) is 4.15. The average molecular weight is 200 g/mol. The molecule has 1 aromatic rings. The lowest BCUT2D eigenvalue weighted by Gasteiger charge is -2.33. The Morgan fingerprint density at radius 3 is 2.40 bits per heavy atom. The van der Waals surface area contributed by atoms with Crippen LogP contribution in [0, 0.1) is 10.8 Å². The van der Waals surface area contributed by atoms with E-state index in [1.807, 2.05) is 0 Å². The molecule has 0 nitrogen and oxygen atoms in total. The summed E-state index contributed by atoms with van der Waals surface area (Å²) in [7, 11) is 0. The van der Waals surface area contributed by atoms with Crippen LogP contribution in [0.4, 0.5) is 0 Å². The minimum absolute atomic E-state index is 0.420. The maximum Gasteiger partial charge on any atom is -0.00507 e. The summed E-state index contributed by atoms with van der Waals surface area (Å²) in [5, 5.41) is 0. The van der Waals surface area contributed by atoms with E-state index in [9.17, 15) is 0 Å². The lowest BCUT2D eigenvalue weighted by Crippen LogP contribution is -2.23. The number of rotatable bonds is 0. The second-order valence-corrected chi connectivity index (χ2v) is 6.54. The SMILES string of the molecule is CC(C)(C)C1c2ccccc2CC12CC2. The fraction of sp³-hybridized carbons (Fsp3) is 0.600. The van der Waals surface area contributed by atoms with Gasteiger partial charge in [-0.25, -0.2) is 0 Å². The first-order valence-corrected chi connectivity index (χ1v) is 6.11. The molecule has 0 saturated heterocycles. The summed E-state index contributed by atoms with van der Waals surface area (Å²) in [4.78, 5) is 0. The highest BCUT2D eigenvalue weighted by molar-refractivity contribution is 5.42. The van der Waals surface area contributed by atoms with E-state index < -0.39 is 0 Å². The molecule has 15 heavy (non-hydrogen) atoms. The van der Waals surface area contributed by atoms with E-state index in [1.165, 1.54) is 19.3 Å². The van der Waals surface area contributed by atoms with Gasteiger partial charge in [0.25, 0.3) is 0 Å². The van der Waals surface area contributed by atoms with Crippen molar-refractivity contribution in [3.05, 3.63) is 35.4 Å². The Morgan fingerprint density at radius 1 is 1.13 bits per heavy atom. The van der Waals surface area contributed by atoms with Crippen LogP contribution in [0.3, 0.4) is 0 Å². The number of benzene rings is 1. The topological polar surface area (TPSA) is 0 Å². The van der Waals surface area contributed by atoms with Crippen LogP contribution in [-0.2, 0) is 6.42 Å². The molecular formula is C15H20. The van der Waals surface area contributed by atoms with Gasteiger partial charge in [-0.2, -0.15) is 0 Å². The second kappa shape index (κ2) is 2.66. The van der Waals surface area contributed by atoms with E-state index in [1.54, 1.807) is 11.1 Å². The van der Waals surface area contributed by atoms with Crippen LogP contribution in [0.2, 0.25) is 0 Å². The molecule has 1 aromatic carbocycles. The van der Waals surface area contributed by atoms with Crippen molar-refractivity contribution < 1.29 is 0 Å². The maximum atomic E-state index is 2.40. The Hall–Kier alpha value is -0.780. The van der Waals surface area contributed by atoms with Crippen molar-refractivity contribution in [1.82, 2.24) is 0 Å². The lowest BCUT2D eigenvalue weighted by molar-refractivity contribution is 0.235. The van der Waals surface area contributed by atoms with E-state index in [-0.39, 0.29) is 0 Å². The molecule has 3 rings (SSSR count). The van der Waals surface area contributed by atoms with Crippen LogP contribution < -0.4 is 0 Å². The van der Waals surface area contributed by atoms with Crippen molar-refractivity contribution in [1.29, 1.82) is 0 Å². The highest BCUT2D eigenvalue weighted by atomic mass is 14.6. The Balaban J connectivity index is 2.12. The Kier molecular flexibility index (Phi) is 1.68. The minimum atomic E-state index is 0.420. The maximum absolute atomic E-state index is 2.40. The highest BCUT2D eigenvalue weighted by Gasteiger charge is 2.57. The molecule has 0 aromatic heterocycles. The van der Waals surface area contributed by atoms with Crippen molar-refractivity contribution >= 4 is 0 Å². The minimum Gasteiger partial charge on any atom is -0.0620 e. The van der Waals surface area contributed by atoms with Gasteiger partial charge in [0.2, 0.25) is 0 Å². The van der Waals surface area contributed by atoms with Gasteiger partial charge in [-0.1, -0.05) is 45.0 Å². The van der Waals surface area contributed by atoms with Crippen molar-refractivity contribution in [3.8, 4) is 0 Å². The van der Waals surface area contributed by atoms with Gasteiger partial charge < -0.3 is 0 Å². The fourth-order valence-electron chi connectivity index (χ4n) is 3.80. The van der Waals surface area contributed by atoms with Gasteiger partial charge in [0.1, 0.15) is 0 Å². The molecule has 80 valence electrons. The van der Waals surface area contributed by atoms with Gasteiger partial charge >= 0.3 is 0 Å². The van der Waals surface area contributed by atoms with Crippen molar-refractivity contribution in [3.63, 3.8) is 0 Å². The normalized spacial score (nSPS) is 26.7. The Bertz CT molecular complexity index is 391. The number of hydrogen-bond acceptors (Lipinski definition) is 0. The molecule has 1 spiro atoms. The van der Waals surface area contributed by atoms with E-state index in [0.717, 1.165) is 5.92 Å². The van der Waals surface area contributed by atoms with Gasteiger partial charge in [0, 0.05) is 0 Å². The van der Waals surface area contributed by atoms with Crippen LogP contribution in [-0.4, -0.2) is 0 Å². The van der Waals surface area contributed by atoms with Gasteiger partial charge in [-0.05, 0) is 47.1 Å². The lowest BCUT2D eigenvalue weighted by atomic mass is 9.71. The van der Waals surface area contributed by atoms with Crippen LogP contribution >= 0.6 is 0 Å². The molecule has 2 aliphatic rings. The summed E-state index contributed by atoms with van der Waals surface area (Å²) in [6.45, 7) is 7.21. The summed E-state index contributed by atoms with van der Waals surface area (Å²) in [5.41, 5.74) is 4.34. The third-order valence-electron chi connectivity index (χ3n) is 4.28. The first kappa shape index (κ1) is 9.45. The fourth-order valence-corrected chi connectivity index (χ4v) is 3.80. The van der Waals surface area contributed by atoms with E-state index in [2.05, 4.69) is 45.0 Å². The van der Waals surface area contributed by atoms with Crippen molar-refractivity contribution in [2.45, 2.75) is 46.0 Å². The van der Waals surface area contributed by atoms with E-state index >= 15 is 0 Å². The van der Waals surface area contributed by atoms with Crippen LogP contribution in [0.15, 0.2) is 24.3 Å². The van der Waals surface area contributed by atoms with E-state index in [4.69, 9.17) is 0 Å². The standard InChI is InChI=1S/C15H20/c1-14(2,3)13-12-7-5-4-6-11(12)10-15(13)8-9-15/h4-7,13H,8-10H2,1-3H3. The summed E-state index contributed by atoms with van der Waals surface area (Å²) >= 11 is 0. The quantitative estimate of drug-likeness (QED) is 0.590. The third-order valence-corrected chi connectivity index (χ3v) is 4.28. The number of fused-ring (bicyclic) bond motifs is 1. The Labute approximate surface area is 92.7 Å². The zero-order chi connectivity index (χ0) is 10.7. The second-order valence-electron chi connectivity index (χ2n) is 6.54. The first-order valence-electron chi connectivity index (χ1n) is 6.11. The summed E-state index contributed by atoms with van der Waals surface area (Å²) < 4.78 is 0. The molecule has 1 unspecified atom stereocenters. The van der Waals surface area contributed by atoms with Gasteiger partial charge in [-0.3, -0.25) is 0 Å². The van der Waals surface area contributed by atoms with Crippen molar-refractivity contribution in [2.24, 2.45) is 10.8 Å². The summed E-state index contributed by atoms with van der Waals surface area (Å²) in [5.74, 6) is 0.793. The predicted molar refractivity (Wildman–Crippen MR) is 64.0 cm³/mol. The van der Waals surface area contributed by atoms with E-state index in [0.29, 0.717) is 10.8 Å². The zero-order valence-electron chi connectivity index (χ0n) is 10.0. The number of hydrogen-bond donors (Lipinski definition) is 0. The molecule has 0 amide bonds. The Morgan fingerprint density at radius 2 is 1.80 bits per heavy atom. The van der Waals surface area contributed by atoms with Crippen molar-refractivity contribution in [2.75, 3.05) is 0 Å². The molecule has 0 radical (unpaired) electrons. The largest absolute Gasteiger partial charge is 0.0620 e. The molecule has 1 saturated carbocycles. The highest BCUT2D eigenvalue weighted by Crippen LogP contribution is 2.67. The molecule has 0 heterocycles. The zero-order valence-corrected chi connectivity index (χ0v) is 10.0. The average Bonchev–Trinajstić information content (AvgIpc) is 2.79. The molecule has 2 aliphatic carbocycles. The third kappa shape index (κ3) is 1.27. The smallest absolute Gasteiger partial charge is 0.00507 e. The molecule has 1 fully saturated rings. The molecule has 1 atom stereocenters. The molecular weight excluding hydrogens is 180 g/mol. The molecule has 0 heteroatoms. The van der Waals surface area contributed by atoms with Crippen LogP contribution in [0.1, 0.15) is 50.7 Å². The van der Waals surface area contributed by atoms with Gasteiger partial charge in [0.05, 0.1) is 0 Å². The van der Waals surface area contributed by atoms with Gasteiger partial charge in [-0.15, -0.1) is 0 Å². The summed E-state index contributed by atoms with van der Waals surface area (Å²) in [6, 6.07) is 9.10. The summed E-state index contributed by atoms with van der Waals surface area (Å²) in [6.07, 6.45) is 4.23.